The highest BCUT2D eigenvalue weighted by molar-refractivity contribution is 7.47. The van der Waals surface area contributed by atoms with Crippen LogP contribution in [-0.2, 0) is 55.8 Å². The summed E-state index contributed by atoms with van der Waals surface area (Å²) in [5.41, 5.74) is 0. The molecule has 5 atom stereocenters. The molecule has 0 rings (SSSR count). The molecule has 0 aliphatic rings. The summed E-state index contributed by atoms with van der Waals surface area (Å²) >= 11 is 0. The van der Waals surface area contributed by atoms with Crippen LogP contribution in [0.3, 0.4) is 0 Å². The maximum absolute atomic E-state index is 13.1. The maximum Gasteiger partial charge on any atom is 0.472 e. The molecule has 18 heteroatoms. The van der Waals surface area contributed by atoms with E-state index < -0.39 is 91.5 Å². The lowest BCUT2D eigenvalue weighted by Gasteiger charge is -2.21. The summed E-state index contributed by atoms with van der Waals surface area (Å²) in [5, 5.41) is 20.8. The van der Waals surface area contributed by atoms with Crippen molar-refractivity contribution in [1.82, 2.24) is 0 Å². The van der Waals surface area contributed by atoms with E-state index in [1.807, 2.05) is 0 Å². The van der Waals surface area contributed by atoms with Gasteiger partial charge in [-0.05, 0) is 154 Å². The predicted octanol–water partition coefficient (Wildman–Crippen LogP) is 29.7. The SMILES string of the molecule is CC/C=C\C/C=C\C/C=C\C/C=C\C/C=C\CCCCCCCCCCCCCCCCCC(=O)OCC(O)COP(=O)(O)OCC(O)COP(=O)(O)OCC(COC(=O)CCCCCCCCCCCCC/C=C\C/C=C\C/C=C\C/C=C\CCCCC)OC(=O)CCCCCCCCCCC/C=C\C/C=C\C/C=C\C/C=C\CCCCC. The third kappa shape index (κ3) is 93.7. The van der Waals surface area contributed by atoms with Crippen LogP contribution in [0.1, 0.15) is 406 Å². The molecule has 0 radical (unpaired) electrons. The highest BCUT2D eigenvalue weighted by Gasteiger charge is 2.30. The first-order valence-corrected chi connectivity index (χ1v) is 50.8. The Bertz CT molecular complexity index is 2790. The quantitative estimate of drug-likeness (QED) is 0.0146. The zero-order valence-electron chi connectivity index (χ0n) is 75.5. The molecule has 0 fully saturated rings. The van der Waals surface area contributed by atoms with E-state index in [0.29, 0.717) is 19.3 Å². The lowest BCUT2D eigenvalue weighted by molar-refractivity contribution is -0.161. The molecule has 5 unspecified atom stereocenters. The lowest BCUT2D eigenvalue weighted by atomic mass is 10.0. The Kier molecular flexibility index (Phi) is 88.6. The van der Waals surface area contributed by atoms with Gasteiger partial charge in [-0.15, -0.1) is 0 Å². The summed E-state index contributed by atoms with van der Waals surface area (Å²) in [6.45, 7) is 2.56. The third-order valence-electron chi connectivity index (χ3n) is 20.2. The van der Waals surface area contributed by atoms with Gasteiger partial charge in [0.15, 0.2) is 6.10 Å². The summed E-state index contributed by atoms with van der Waals surface area (Å²) in [4.78, 5) is 59.1. The molecular weight excluding hydrogens is 1530 g/mol. The van der Waals surface area contributed by atoms with Crippen LogP contribution in [-0.4, -0.2) is 95.9 Å². The van der Waals surface area contributed by atoms with Crippen molar-refractivity contribution in [2.75, 3.05) is 39.6 Å². The molecule has 119 heavy (non-hydrogen) atoms. The molecule has 0 aromatic rings. The normalized spacial score (nSPS) is 14.4. The van der Waals surface area contributed by atoms with Gasteiger partial charge in [-0.2, -0.15) is 0 Å². The predicted molar refractivity (Wildman–Crippen MR) is 500 cm³/mol. The molecule has 0 bridgehead atoms. The minimum atomic E-state index is -4.95. The molecular formula is C101H174O16P2. The molecule has 0 aliphatic carbocycles. The third-order valence-corrected chi connectivity index (χ3v) is 22.1. The van der Waals surface area contributed by atoms with Crippen LogP contribution in [0.2, 0.25) is 0 Å². The Labute approximate surface area is 727 Å². The van der Waals surface area contributed by atoms with E-state index in [1.54, 1.807) is 0 Å². The van der Waals surface area contributed by atoms with Gasteiger partial charge in [0.05, 0.1) is 26.4 Å². The van der Waals surface area contributed by atoms with Crippen molar-refractivity contribution in [3.63, 3.8) is 0 Å². The number of aliphatic hydroxyl groups is 2. The van der Waals surface area contributed by atoms with E-state index >= 15 is 0 Å². The van der Waals surface area contributed by atoms with E-state index in [4.69, 9.17) is 32.3 Å². The second-order valence-electron chi connectivity index (χ2n) is 31.8. The van der Waals surface area contributed by atoms with Crippen molar-refractivity contribution in [2.45, 2.75) is 424 Å². The highest BCUT2D eigenvalue weighted by Crippen LogP contribution is 2.45. The van der Waals surface area contributed by atoms with Crippen LogP contribution in [0.4, 0.5) is 0 Å². The average Bonchev–Trinajstić information content (AvgIpc) is 0.905. The fourth-order valence-corrected chi connectivity index (χ4v) is 14.6. The van der Waals surface area contributed by atoms with Crippen LogP contribution in [0, 0.1) is 0 Å². The van der Waals surface area contributed by atoms with E-state index in [0.717, 1.165) is 154 Å². The first kappa shape index (κ1) is 114. The Morgan fingerprint density at radius 1 is 0.244 bits per heavy atom. The molecule has 0 saturated carbocycles. The van der Waals surface area contributed by atoms with Gasteiger partial charge in [0.1, 0.15) is 25.4 Å². The molecule has 0 aliphatic heterocycles. The Morgan fingerprint density at radius 2 is 0.445 bits per heavy atom. The number of phosphoric acid groups is 2. The van der Waals surface area contributed by atoms with E-state index in [-0.39, 0.29) is 19.3 Å². The standard InChI is InChI=1S/C101H174O16P2/c1-4-7-10-13-16-19-22-25-28-31-34-37-40-43-45-46-47-48-50-53-54-57-60-63-66-69-72-75-78-81-84-87-99(104)111-90-96(102)91-113-118(107,108)114-92-97(103)93-115-119(109,110)116-95-98(117-101(106)89-86-83-80-77-74-71-68-65-62-59-56-51-42-39-36-33-30-27-24-21-18-15-12-9-6-3)94-112-100(105)88-85-82-79-76-73-70-67-64-61-58-55-52-49-44-41-38-35-32-29-26-23-20-17-14-11-8-5-2/h7,10,16-21,25-30,34-39,43-45,49,51,56,96-98,102-103H,4-6,8-9,11-15,22-24,31-33,40-42,46-48,50,52-55,57-95H2,1-3H3,(H,107,108)(H,109,110)/b10-7-,19-16-,20-17-,21-18-,28-25-,29-26-,30-27-,37-34-,38-35-,39-36-,45-43-,49-44-,56-51-. The maximum atomic E-state index is 13.1. The summed E-state index contributed by atoms with van der Waals surface area (Å²) in [6.07, 6.45) is 119. The summed E-state index contributed by atoms with van der Waals surface area (Å²) < 4.78 is 61.6. The van der Waals surface area contributed by atoms with Crippen LogP contribution < -0.4 is 0 Å². The largest absolute Gasteiger partial charge is 0.472 e. The van der Waals surface area contributed by atoms with Crippen molar-refractivity contribution in [1.29, 1.82) is 0 Å². The van der Waals surface area contributed by atoms with E-state index in [2.05, 4.69) is 179 Å². The molecule has 684 valence electrons. The van der Waals surface area contributed by atoms with Gasteiger partial charge in [-0.25, -0.2) is 9.13 Å². The zero-order chi connectivity index (χ0) is 86.5. The number of ether oxygens (including phenoxy) is 3. The van der Waals surface area contributed by atoms with Crippen LogP contribution >= 0.6 is 15.6 Å². The fraction of sp³-hybridized carbons (Fsp3) is 0.713. The number of aliphatic hydroxyl groups excluding tert-OH is 2. The number of rotatable bonds is 90. The number of esters is 3. The van der Waals surface area contributed by atoms with Crippen LogP contribution in [0.5, 0.6) is 0 Å². The number of phosphoric ester groups is 2. The minimum Gasteiger partial charge on any atom is -0.463 e. The lowest BCUT2D eigenvalue weighted by Crippen LogP contribution is -2.30. The molecule has 0 spiro atoms. The van der Waals surface area contributed by atoms with Gasteiger partial charge < -0.3 is 34.2 Å². The Morgan fingerprint density at radius 3 is 0.706 bits per heavy atom. The minimum absolute atomic E-state index is 0.0939. The molecule has 0 heterocycles. The van der Waals surface area contributed by atoms with Crippen LogP contribution in [0.25, 0.3) is 0 Å². The Hall–Kier alpha value is -4.83. The number of hydrogen-bond acceptors (Lipinski definition) is 14. The fourth-order valence-electron chi connectivity index (χ4n) is 13.0. The van der Waals surface area contributed by atoms with Gasteiger partial charge in [-0.1, -0.05) is 391 Å². The topological polar surface area (TPSA) is 231 Å². The smallest absolute Gasteiger partial charge is 0.463 e. The van der Waals surface area contributed by atoms with E-state index in [9.17, 15) is 43.5 Å². The molecule has 16 nitrogen and oxygen atoms in total. The van der Waals surface area contributed by atoms with Crippen molar-refractivity contribution >= 4 is 33.6 Å². The molecule has 0 aromatic carbocycles. The second kappa shape index (κ2) is 92.4. The first-order valence-electron chi connectivity index (χ1n) is 47.8. The number of hydrogen-bond donors (Lipinski definition) is 4. The number of carbonyl (C=O) groups is 3. The molecule has 0 amide bonds. The molecule has 4 N–H and O–H groups in total. The summed E-state index contributed by atoms with van der Waals surface area (Å²) in [6, 6.07) is 0. The monoisotopic (exact) mass is 1710 g/mol. The zero-order valence-corrected chi connectivity index (χ0v) is 77.3. The highest BCUT2D eigenvalue weighted by atomic mass is 31.2. The van der Waals surface area contributed by atoms with Crippen molar-refractivity contribution in [2.24, 2.45) is 0 Å². The van der Waals surface area contributed by atoms with E-state index in [1.165, 1.54) is 193 Å². The number of unbranched alkanes of at least 4 members (excludes halogenated alkanes) is 41. The summed E-state index contributed by atoms with van der Waals surface area (Å²) in [5.74, 6) is -1.57. The van der Waals surface area contributed by atoms with Crippen molar-refractivity contribution < 1.29 is 75.8 Å². The van der Waals surface area contributed by atoms with Crippen molar-refractivity contribution in [3.8, 4) is 0 Å². The van der Waals surface area contributed by atoms with Gasteiger partial charge >= 0.3 is 33.6 Å². The number of allylic oxidation sites excluding steroid dienone is 26. The molecule has 0 saturated heterocycles. The van der Waals surface area contributed by atoms with Gasteiger partial charge in [-0.3, -0.25) is 32.5 Å². The second-order valence-corrected chi connectivity index (χ2v) is 34.7. The Balaban J connectivity index is 4.62. The average molecular weight is 1710 g/mol. The molecule has 0 aromatic heterocycles. The first-order chi connectivity index (χ1) is 58.2. The summed E-state index contributed by atoms with van der Waals surface area (Å²) in [7, 11) is -9.82. The number of carbonyl (C=O) groups excluding carboxylic acids is 3. The van der Waals surface area contributed by atoms with Crippen molar-refractivity contribution in [3.05, 3.63) is 158 Å². The van der Waals surface area contributed by atoms with Gasteiger partial charge in [0.25, 0.3) is 0 Å². The van der Waals surface area contributed by atoms with Gasteiger partial charge in [0.2, 0.25) is 0 Å². The van der Waals surface area contributed by atoms with Gasteiger partial charge in [0, 0.05) is 19.3 Å². The van der Waals surface area contributed by atoms with Crippen LogP contribution in [0.15, 0.2) is 158 Å².